The van der Waals surface area contributed by atoms with Gasteiger partial charge in [0.25, 0.3) is 5.91 Å². The summed E-state index contributed by atoms with van der Waals surface area (Å²) in [5.74, 6) is 0.787. The third-order valence-electron chi connectivity index (χ3n) is 8.24. The van der Waals surface area contributed by atoms with Gasteiger partial charge in [0.15, 0.2) is 0 Å². The zero-order valence-corrected chi connectivity index (χ0v) is 24.1. The van der Waals surface area contributed by atoms with E-state index in [1.807, 2.05) is 24.3 Å². The first-order chi connectivity index (χ1) is 20.1. The molecule has 2 heterocycles. The molecular weight excluding hydrogens is 510 g/mol. The molecule has 0 spiro atoms. The Kier molecular flexibility index (Phi) is 9.90. The summed E-state index contributed by atoms with van der Waals surface area (Å²) >= 11 is 0. The van der Waals surface area contributed by atoms with Crippen LogP contribution in [0.4, 0.5) is 5.69 Å². The Labute approximate surface area is 244 Å². The monoisotopic (exact) mass is 551 g/mol. The fourth-order valence-electron chi connectivity index (χ4n) is 5.91. The number of ether oxygens (including phenoxy) is 1. The predicted molar refractivity (Wildman–Crippen MR) is 165 cm³/mol. The number of nitriles is 1. The molecule has 2 saturated heterocycles. The Balaban J connectivity index is 1.22. The number of nitrogens with one attached hydrogen (secondary N) is 1. The topological polar surface area (TPSA) is 71.8 Å². The van der Waals surface area contributed by atoms with Gasteiger partial charge >= 0.3 is 0 Å². The van der Waals surface area contributed by atoms with Gasteiger partial charge in [0.1, 0.15) is 5.75 Å². The first-order valence-electron chi connectivity index (χ1n) is 14.9. The van der Waals surface area contributed by atoms with Crippen molar-refractivity contribution in [2.45, 2.75) is 25.7 Å². The Bertz CT molecular complexity index is 1350. The molecule has 0 aliphatic carbocycles. The molecule has 0 atom stereocenters. The molecule has 7 nitrogen and oxygen atoms in total. The molecule has 2 aliphatic heterocycles. The van der Waals surface area contributed by atoms with E-state index in [-0.39, 0.29) is 5.91 Å². The van der Waals surface area contributed by atoms with E-state index in [1.54, 1.807) is 13.2 Å². The Morgan fingerprint density at radius 3 is 2.46 bits per heavy atom. The lowest BCUT2D eigenvalue weighted by Crippen LogP contribution is -2.47. The molecule has 5 rings (SSSR count). The number of piperazine rings is 1. The van der Waals surface area contributed by atoms with Crippen LogP contribution in [0.5, 0.6) is 5.75 Å². The van der Waals surface area contributed by atoms with Crippen molar-refractivity contribution in [3.63, 3.8) is 0 Å². The number of rotatable bonds is 11. The lowest BCUT2D eigenvalue weighted by Gasteiger charge is -2.37. The van der Waals surface area contributed by atoms with Crippen molar-refractivity contribution >= 4 is 11.6 Å². The smallest absolute Gasteiger partial charge is 0.251 e. The number of para-hydroxylation sites is 1. The third-order valence-corrected chi connectivity index (χ3v) is 8.24. The van der Waals surface area contributed by atoms with Crippen molar-refractivity contribution in [1.29, 1.82) is 5.26 Å². The molecule has 0 bridgehead atoms. The maximum Gasteiger partial charge on any atom is 0.251 e. The molecular formula is C34H41N5O2. The summed E-state index contributed by atoms with van der Waals surface area (Å²) in [6.45, 7) is 8.84. The predicted octanol–water partition coefficient (Wildman–Crippen LogP) is 4.81. The van der Waals surface area contributed by atoms with Gasteiger partial charge in [0.2, 0.25) is 0 Å². The zero-order chi connectivity index (χ0) is 28.4. The Hall–Kier alpha value is -3.86. The van der Waals surface area contributed by atoms with Crippen molar-refractivity contribution in [1.82, 2.24) is 15.1 Å². The van der Waals surface area contributed by atoms with Gasteiger partial charge in [0, 0.05) is 56.1 Å². The molecule has 0 radical (unpaired) electrons. The quantitative estimate of drug-likeness (QED) is 0.345. The van der Waals surface area contributed by atoms with Crippen molar-refractivity contribution in [3.8, 4) is 22.9 Å². The summed E-state index contributed by atoms with van der Waals surface area (Å²) in [5, 5.41) is 12.8. The maximum atomic E-state index is 13.1. The summed E-state index contributed by atoms with van der Waals surface area (Å²) in [6.07, 6.45) is 4.48. The molecule has 1 N–H and O–H groups in total. The van der Waals surface area contributed by atoms with Crippen LogP contribution in [0.3, 0.4) is 0 Å². The van der Waals surface area contributed by atoms with E-state index in [1.165, 1.54) is 31.5 Å². The highest BCUT2D eigenvalue weighted by atomic mass is 16.5. The lowest BCUT2D eigenvalue weighted by atomic mass is 9.97. The number of likely N-dealkylation sites (tertiary alicyclic amines) is 1. The van der Waals surface area contributed by atoms with Gasteiger partial charge in [-0.1, -0.05) is 30.3 Å². The number of carbonyl (C=O) groups excluding carboxylic acids is 1. The average Bonchev–Trinajstić information content (AvgIpc) is 3.56. The highest BCUT2D eigenvalue weighted by Crippen LogP contribution is 2.33. The highest BCUT2D eigenvalue weighted by Gasteiger charge is 2.20. The highest BCUT2D eigenvalue weighted by molar-refractivity contribution is 5.96. The summed E-state index contributed by atoms with van der Waals surface area (Å²) in [5.41, 5.74) is 5.44. The first kappa shape index (κ1) is 28.7. The standard InChI is InChI=1S/C34H41N5O2/c1-41-31-9-6-8-27(24-31)12-17-38-18-20-39(21-19-38)33-11-3-2-10-32(33)29-22-28(26-35)23-30(25-29)34(40)36-13-7-16-37-14-4-5-15-37/h2-3,6,8-11,22-25H,4-5,7,12-21H2,1H3,(H,36,40). The largest absolute Gasteiger partial charge is 0.497 e. The van der Waals surface area contributed by atoms with Crippen molar-refractivity contribution in [3.05, 3.63) is 83.4 Å². The molecule has 0 unspecified atom stereocenters. The van der Waals surface area contributed by atoms with Crippen LogP contribution in [0.1, 0.15) is 40.7 Å². The van der Waals surface area contributed by atoms with E-state index in [2.05, 4.69) is 62.5 Å². The van der Waals surface area contributed by atoms with Gasteiger partial charge in [-0.25, -0.2) is 0 Å². The number of methoxy groups -OCH3 is 1. The van der Waals surface area contributed by atoms with Crippen LogP contribution in [0.25, 0.3) is 11.1 Å². The lowest BCUT2D eigenvalue weighted by molar-refractivity contribution is 0.0952. The van der Waals surface area contributed by atoms with E-state index in [0.29, 0.717) is 17.7 Å². The molecule has 41 heavy (non-hydrogen) atoms. The minimum absolute atomic E-state index is 0.119. The molecule has 0 aromatic heterocycles. The molecule has 3 aromatic rings. The van der Waals surface area contributed by atoms with Crippen LogP contribution < -0.4 is 15.0 Å². The molecule has 214 valence electrons. The van der Waals surface area contributed by atoms with Gasteiger partial charge < -0.3 is 19.9 Å². The van der Waals surface area contributed by atoms with Crippen LogP contribution in [-0.2, 0) is 6.42 Å². The summed E-state index contributed by atoms with van der Waals surface area (Å²) in [4.78, 5) is 20.5. The van der Waals surface area contributed by atoms with Crippen LogP contribution in [0.15, 0.2) is 66.7 Å². The number of hydrogen-bond acceptors (Lipinski definition) is 6. The maximum absolute atomic E-state index is 13.1. The summed E-state index contributed by atoms with van der Waals surface area (Å²) in [6, 6.07) is 24.4. The van der Waals surface area contributed by atoms with Gasteiger partial charge in [-0.2, -0.15) is 5.26 Å². The number of anilines is 1. The second-order valence-corrected chi connectivity index (χ2v) is 11.0. The number of carbonyl (C=O) groups is 1. The summed E-state index contributed by atoms with van der Waals surface area (Å²) < 4.78 is 5.37. The molecule has 2 fully saturated rings. The first-order valence-corrected chi connectivity index (χ1v) is 14.9. The summed E-state index contributed by atoms with van der Waals surface area (Å²) in [7, 11) is 1.71. The van der Waals surface area contributed by atoms with Crippen molar-refractivity contribution in [2.75, 3.05) is 70.9 Å². The second-order valence-electron chi connectivity index (χ2n) is 11.0. The molecule has 3 aromatic carbocycles. The van der Waals surface area contributed by atoms with Gasteiger partial charge in [0.05, 0.1) is 18.7 Å². The number of amides is 1. The van der Waals surface area contributed by atoms with Crippen molar-refractivity contribution < 1.29 is 9.53 Å². The van der Waals surface area contributed by atoms with E-state index >= 15 is 0 Å². The van der Waals surface area contributed by atoms with Crippen LogP contribution in [-0.4, -0.2) is 81.7 Å². The number of hydrogen-bond donors (Lipinski definition) is 1. The van der Waals surface area contributed by atoms with Gasteiger partial charge in [-0.3, -0.25) is 9.69 Å². The molecule has 1 amide bonds. The van der Waals surface area contributed by atoms with Crippen LogP contribution in [0.2, 0.25) is 0 Å². The fraction of sp³-hybridized carbons (Fsp3) is 0.412. The van der Waals surface area contributed by atoms with Crippen LogP contribution in [0, 0.1) is 11.3 Å². The SMILES string of the molecule is COc1cccc(CCN2CCN(c3ccccc3-c3cc(C#N)cc(C(=O)NCCCN4CCCC4)c3)CC2)c1. The van der Waals surface area contributed by atoms with E-state index in [0.717, 1.165) is 74.7 Å². The van der Waals surface area contributed by atoms with E-state index in [4.69, 9.17) is 4.74 Å². The van der Waals surface area contributed by atoms with E-state index < -0.39 is 0 Å². The zero-order valence-electron chi connectivity index (χ0n) is 24.1. The normalized spacial score (nSPS) is 16.0. The number of benzene rings is 3. The Morgan fingerprint density at radius 1 is 0.902 bits per heavy atom. The molecule has 2 aliphatic rings. The third kappa shape index (κ3) is 7.66. The number of nitrogens with zero attached hydrogens (tertiary/aromatic N) is 4. The van der Waals surface area contributed by atoms with Gasteiger partial charge in [-0.05, 0) is 92.8 Å². The van der Waals surface area contributed by atoms with Gasteiger partial charge in [-0.15, -0.1) is 0 Å². The fourth-order valence-corrected chi connectivity index (χ4v) is 5.91. The van der Waals surface area contributed by atoms with Crippen molar-refractivity contribution in [2.24, 2.45) is 0 Å². The Morgan fingerprint density at radius 2 is 1.68 bits per heavy atom. The second kappa shape index (κ2) is 14.2. The molecule has 7 heteroatoms. The van der Waals surface area contributed by atoms with E-state index in [9.17, 15) is 10.1 Å². The van der Waals surface area contributed by atoms with Crippen LogP contribution >= 0.6 is 0 Å². The minimum atomic E-state index is -0.119. The molecule has 0 saturated carbocycles. The average molecular weight is 552 g/mol. The minimum Gasteiger partial charge on any atom is -0.497 e.